The Hall–Kier alpha value is -0.570. The molecule has 2 fully saturated rings. The highest BCUT2D eigenvalue weighted by atomic mass is 127. The molecule has 1 saturated heterocycles. The number of nitrogens with zero attached hydrogens (tertiary/aromatic N) is 2. The van der Waals surface area contributed by atoms with Crippen molar-refractivity contribution in [3.8, 4) is 0 Å². The van der Waals surface area contributed by atoms with Crippen molar-refractivity contribution in [3.05, 3.63) is 0 Å². The predicted octanol–water partition coefficient (Wildman–Crippen LogP) is 2.54. The molecular formula is C17H32IN3O3. The van der Waals surface area contributed by atoms with Crippen molar-refractivity contribution in [1.82, 2.24) is 4.90 Å². The Labute approximate surface area is 162 Å². The van der Waals surface area contributed by atoms with Crippen LogP contribution in [0.25, 0.3) is 0 Å². The van der Waals surface area contributed by atoms with Crippen LogP contribution in [-0.4, -0.2) is 54.3 Å². The maximum Gasteiger partial charge on any atom is 0.309 e. The van der Waals surface area contributed by atoms with Crippen molar-refractivity contribution < 1.29 is 14.3 Å². The van der Waals surface area contributed by atoms with Crippen LogP contribution in [0.15, 0.2) is 4.99 Å². The van der Waals surface area contributed by atoms with Crippen molar-refractivity contribution in [3.63, 3.8) is 0 Å². The molecule has 1 atom stereocenters. The van der Waals surface area contributed by atoms with E-state index >= 15 is 0 Å². The van der Waals surface area contributed by atoms with Crippen molar-refractivity contribution in [2.24, 2.45) is 16.6 Å². The van der Waals surface area contributed by atoms with Gasteiger partial charge in [-0.3, -0.25) is 4.79 Å². The molecule has 0 aromatic carbocycles. The second-order valence-corrected chi connectivity index (χ2v) is 7.65. The molecule has 1 aliphatic heterocycles. The highest BCUT2D eigenvalue weighted by Gasteiger charge is 2.30. The zero-order chi connectivity index (χ0) is 17.0. The molecular weight excluding hydrogens is 421 g/mol. The molecule has 0 aromatic rings. The average Bonchev–Trinajstić information content (AvgIpc) is 2.46. The number of rotatable bonds is 2. The van der Waals surface area contributed by atoms with Gasteiger partial charge in [0, 0.05) is 13.1 Å². The summed E-state index contributed by atoms with van der Waals surface area (Å²) in [7, 11) is 0. The molecule has 2 N–H and O–H groups in total. The smallest absolute Gasteiger partial charge is 0.309 e. The third-order valence-corrected chi connectivity index (χ3v) is 4.32. The Balaban J connectivity index is 0.00000288. The van der Waals surface area contributed by atoms with Crippen molar-refractivity contribution >= 4 is 35.9 Å². The van der Waals surface area contributed by atoms with E-state index in [9.17, 15) is 4.79 Å². The number of hydrogen-bond donors (Lipinski definition) is 1. The number of carbonyl (C=O) groups excluding carboxylic acids is 1. The number of hydrogen-bond acceptors (Lipinski definition) is 4. The van der Waals surface area contributed by atoms with Gasteiger partial charge in [-0.2, -0.15) is 0 Å². The summed E-state index contributed by atoms with van der Waals surface area (Å²) in [6, 6.07) is 0.215. The van der Waals surface area contributed by atoms with E-state index in [1.165, 1.54) is 0 Å². The number of halogens is 1. The second kappa shape index (κ2) is 9.22. The van der Waals surface area contributed by atoms with Crippen LogP contribution in [0.5, 0.6) is 0 Å². The zero-order valence-corrected chi connectivity index (χ0v) is 17.6. The number of esters is 1. The van der Waals surface area contributed by atoms with Gasteiger partial charge in [0.2, 0.25) is 0 Å². The molecule has 1 heterocycles. The van der Waals surface area contributed by atoms with E-state index in [0.29, 0.717) is 12.6 Å². The Morgan fingerprint density at radius 2 is 1.88 bits per heavy atom. The van der Waals surface area contributed by atoms with Gasteiger partial charge in [0.1, 0.15) is 5.60 Å². The normalized spacial score (nSPS) is 28.9. The molecule has 0 amide bonds. The van der Waals surface area contributed by atoms with Crippen LogP contribution in [0, 0.1) is 5.92 Å². The molecule has 6 nitrogen and oxygen atoms in total. The average molecular weight is 453 g/mol. The van der Waals surface area contributed by atoms with Crippen LogP contribution in [0.3, 0.4) is 0 Å². The van der Waals surface area contributed by atoms with Gasteiger partial charge in [-0.1, -0.05) is 0 Å². The van der Waals surface area contributed by atoms with Gasteiger partial charge in [-0.05, 0) is 53.4 Å². The van der Waals surface area contributed by atoms with Gasteiger partial charge in [0.15, 0.2) is 5.96 Å². The highest BCUT2D eigenvalue weighted by Crippen LogP contribution is 2.28. The number of guanidine groups is 1. The topological polar surface area (TPSA) is 77.2 Å². The lowest BCUT2D eigenvalue weighted by atomic mass is 9.86. The van der Waals surface area contributed by atoms with E-state index in [1.54, 1.807) is 0 Å². The summed E-state index contributed by atoms with van der Waals surface area (Å²) in [4.78, 5) is 18.9. The van der Waals surface area contributed by atoms with E-state index < -0.39 is 5.60 Å². The molecule has 140 valence electrons. The zero-order valence-electron chi connectivity index (χ0n) is 15.3. The summed E-state index contributed by atoms with van der Waals surface area (Å²) in [6.07, 6.45) is 3.64. The predicted molar refractivity (Wildman–Crippen MR) is 106 cm³/mol. The van der Waals surface area contributed by atoms with Crippen LogP contribution in [0.4, 0.5) is 0 Å². The molecule has 0 spiro atoms. The summed E-state index contributed by atoms with van der Waals surface area (Å²) in [5.74, 6) is 0.543. The SMILES string of the molecule is CC1CN(C(N)=NC2CCC(C(=O)OC(C)(C)C)CC2)CCO1.I. The first kappa shape index (κ1) is 21.5. The Morgan fingerprint density at radius 1 is 1.25 bits per heavy atom. The van der Waals surface area contributed by atoms with Crippen LogP contribution in [0.2, 0.25) is 0 Å². The summed E-state index contributed by atoms with van der Waals surface area (Å²) in [5, 5.41) is 0. The van der Waals surface area contributed by atoms with Crippen molar-refractivity contribution in [1.29, 1.82) is 0 Å². The highest BCUT2D eigenvalue weighted by molar-refractivity contribution is 14.0. The molecule has 1 saturated carbocycles. The van der Waals surface area contributed by atoms with Gasteiger partial charge in [-0.15, -0.1) is 24.0 Å². The van der Waals surface area contributed by atoms with E-state index in [4.69, 9.17) is 15.2 Å². The number of aliphatic imine (C=N–C) groups is 1. The van der Waals surface area contributed by atoms with E-state index in [2.05, 4.69) is 9.89 Å². The van der Waals surface area contributed by atoms with Crippen molar-refractivity contribution in [2.45, 2.75) is 71.1 Å². The monoisotopic (exact) mass is 453 g/mol. The molecule has 1 unspecified atom stereocenters. The van der Waals surface area contributed by atoms with Crippen LogP contribution >= 0.6 is 24.0 Å². The number of nitrogens with two attached hydrogens (primary N) is 1. The molecule has 1 aliphatic carbocycles. The minimum Gasteiger partial charge on any atom is -0.460 e. The first-order valence-electron chi connectivity index (χ1n) is 8.67. The van der Waals surface area contributed by atoms with Crippen LogP contribution in [-0.2, 0) is 14.3 Å². The molecule has 0 bridgehead atoms. The maximum absolute atomic E-state index is 12.1. The lowest BCUT2D eigenvalue weighted by Gasteiger charge is -2.33. The van der Waals surface area contributed by atoms with Gasteiger partial charge in [0.25, 0.3) is 0 Å². The summed E-state index contributed by atoms with van der Waals surface area (Å²) >= 11 is 0. The number of morpholine rings is 1. The molecule has 7 heteroatoms. The molecule has 2 rings (SSSR count). The van der Waals surface area contributed by atoms with Crippen molar-refractivity contribution in [2.75, 3.05) is 19.7 Å². The second-order valence-electron chi connectivity index (χ2n) is 7.65. The third-order valence-electron chi connectivity index (χ3n) is 4.32. The minimum absolute atomic E-state index is 0. The van der Waals surface area contributed by atoms with Gasteiger partial charge < -0.3 is 20.1 Å². The molecule has 0 aromatic heterocycles. The van der Waals surface area contributed by atoms with Crippen LogP contribution in [0.1, 0.15) is 53.4 Å². The summed E-state index contributed by atoms with van der Waals surface area (Å²) < 4.78 is 11.0. The summed E-state index contributed by atoms with van der Waals surface area (Å²) in [5.41, 5.74) is 5.73. The van der Waals surface area contributed by atoms with Crippen LogP contribution < -0.4 is 5.73 Å². The third kappa shape index (κ3) is 6.74. The number of ether oxygens (including phenoxy) is 2. The standard InChI is InChI=1S/C17H31N3O3.HI/c1-12-11-20(9-10-22-12)16(18)19-14-7-5-13(6-8-14)15(21)23-17(2,3)4;/h12-14H,5-11H2,1-4H3,(H2,18,19);1H. The minimum atomic E-state index is -0.413. The lowest BCUT2D eigenvalue weighted by molar-refractivity contribution is -0.161. The van der Waals surface area contributed by atoms with Gasteiger partial charge >= 0.3 is 5.97 Å². The maximum atomic E-state index is 12.1. The fourth-order valence-corrected chi connectivity index (χ4v) is 3.12. The molecule has 2 aliphatic rings. The fraction of sp³-hybridized carbons (Fsp3) is 0.882. The molecule has 24 heavy (non-hydrogen) atoms. The Bertz CT molecular complexity index is 443. The lowest BCUT2D eigenvalue weighted by Crippen LogP contribution is -2.48. The van der Waals surface area contributed by atoms with Gasteiger partial charge in [-0.25, -0.2) is 4.99 Å². The van der Waals surface area contributed by atoms with E-state index in [1.807, 2.05) is 27.7 Å². The van der Waals surface area contributed by atoms with Gasteiger partial charge in [0.05, 0.1) is 24.7 Å². The number of carbonyl (C=O) groups is 1. The first-order chi connectivity index (χ1) is 10.7. The Kier molecular flexibility index (Phi) is 8.25. The Morgan fingerprint density at radius 3 is 2.42 bits per heavy atom. The largest absolute Gasteiger partial charge is 0.460 e. The first-order valence-corrected chi connectivity index (χ1v) is 8.67. The summed E-state index contributed by atoms with van der Waals surface area (Å²) in [6.45, 7) is 10.1. The quantitative estimate of drug-likeness (QED) is 0.301. The fourth-order valence-electron chi connectivity index (χ4n) is 3.12. The van der Waals surface area contributed by atoms with E-state index in [-0.39, 0.29) is 48.0 Å². The van der Waals surface area contributed by atoms with E-state index in [0.717, 1.165) is 38.8 Å². The molecule has 0 radical (unpaired) electrons.